The summed E-state index contributed by atoms with van der Waals surface area (Å²) in [6.45, 7) is 4.57. The van der Waals surface area contributed by atoms with Crippen LogP contribution in [0.15, 0.2) is 24.4 Å². The number of carboxylic acids is 1. The van der Waals surface area contributed by atoms with Crippen molar-refractivity contribution in [2.75, 3.05) is 16.8 Å². The zero-order valence-corrected chi connectivity index (χ0v) is 15.9. The second-order valence-electron chi connectivity index (χ2n) is 8.27. The molecule has 1 atom stereocenters. The first-order chi connectivity index (χ1) is 13.4. The minimum atomic E-state index is -0.998. The van der Waals surface area contributed by atoms with E-state index < -0.39 is 11.5 Å². The highest BCUT2D eigenvalue weighted by Crippen LogP contribution is 2.47. The van der Waals surface area contributed by atoms with Gasteiger partial charge in [-0.3, -0.25) is 9.50 Å². The molecule has 0 amide bonds. The van der Waals surface area contributed by atoms with Gasteiger partial charge in [-0.05, 0) is 44.7 Å². The molecule has 3 N–H and O–H groups in total. The van der Waals surface area contributed by atoms with Crippen LogP contribution in [0.4, 0.5) is 17.7 Å². The van der Waals surface area contributed by atoms with Crippen LogP contribution < -0.4 is 10.2 Å². The molecule has 1 saturated heterocycles. The van der Waals surface area contributed by atoms with E-state index in [4.69, 9.17) is 0 Å². The number of carboxylic acid groups (broad SMARTS) is 1. The molecule has 9 heteroatoms. The van der Waals surface area contributed by atoms with Gasteiger partial charge in [-0.1, -0.05) is 6.92 Å². The normalized spacial score (nSPS) is 23.3. The van der Waals surface area contributed by atoms with E-state index >= 15 is 0 Å². The van der Waals surface area contributed by atoms with Crippen LogP contribution in [0, 0.1) is 0 Å². The Labute approximate surface area is 161 Å². The van der Waals surface area contributed by atoms with Gasteiger partial charge < -0.3 is 15.3 Å². The maximum absolute atomic E-state index is 11.9. The average molecular weight is 381 g/mol. The third-order valence-electron chi connectivity index (χ3n) is 6.19. The van der Waals surface area contributed by atoms with Crippen molar-refractivity contribution in [3.63, 3.8) is 0 Å². The molecular weight excluding hydrogens is 358 g/mol. The standard InChI is InChI=1S/C19H23N7O2/c1-18(7-8-18)12-11-13(24-23-12)20-16-22-17(21-14-5-3-9-25(14)16)26-10-4-6-19(26,2)15(27)28/h3,5,9,11H,4,6-8,10H2,1-2H3,(H,27,28)(H2,20,21,22,23,24)/t19-/m0/s1. The predicted octanol–water partition coefficient (Wildman–Crippen LogP) is 2.69. The lowest BCUT2D eigenvalue weighted by Gasteiger charge is -2.31. The van der Waals surface area contributed by atoms with Crippen LogP contribution in [-0.4, -0.2) is 47.7 Å². The molecule has 2 aliphatic rings. The number of hydrogen-bond donors (Lipinski definition) is 3. The minimum Gasteiger partial charge on any atom is -0.480 e. The number of aliphatic carboxylic acids is 1. The van der Waals surface area contributed by atoms with E-state index in [1.165, 1.54) is 0 Å². The molecule has 0 radical (unpaired) electrons. The second-order valence-corrected chi connectivity index (χ2v) is 8.27. The van der Waals surface area contributed by atoms with Crippen LogP contribution in [0.2, 0.25) is 0 Å². The van der Waals surface area contributed by atoms with Crippen LogP contribution in [0.1, 0.15) is 45.2 Å². The van der Waals surface area contributed by atoms with E-state index in [2.05, 4.69) is 32.4 Å². The zero-order chi connectivity index (χ0) is 19.5. The Morgan fingerprint density at radius 1 is 1.29 bits per heavy atom. The van der Waals surface area contributed by atoms with Crippen molar-refractivity contribution >= 4 is 29.3 Å². The van der Waals surface area contributed by atoms with Gasteiger partial charge in [0, 0.05) is 29.9 Å². The van der Waals surface area contributed by atoms with E-state index in [-0.39, 0.29) is 5.41 Å². The van der Waals surface area contributed by atoms with Crippen LogP contribution in [0.3, 0.4) is 0 Å². The molecule has 1 aliphatic heterocycles. The lowest BCUT2D eigenvalue weighted by molar-refractivity contribution is -0.142. The van der Waals surface area contributed by atoms with Crippen molar-refractivity contribution in [1.29, 1.82) is 0 Å². The molecule has 2 fully saturated rings. The third kappa shape index (κ3) is 2.53. The van der Waals surface area contributed by atoms with E-state index in [0.717, 1.165) is 25.0 Å². The van der Waals surface area contributed by atoms with Crippen LogP contribution in [-0.2, 0) is 10.2 Å². The Kier molecular flexibility index (Phi) is 3.47. The van der Waals surface area contributed by atoms with Gasteiger partial charge in [0.05, 0.1) is 0 Å². The number of aromatic nitrogens is 5. The summed E-state index contributed by atoms with van der Waals surface area (Å²) in [6.07, 6.45) is 5.57. The number of aromatic amines is 1. The number of nitrogens with one attached hydrogen (secondary N) is 2. The first-order valence-electron chi connectivity index (χ1n) is 9.58. The molecule has 1 saturated carbocycles. The summed E-state index contributed by atoms with van der Waals surface area (Å²) in [6, 6.07) is 5.79. The van der Waals surface area contributed by atoms with Gasteiger partial charge in [0.25, 0.3) is 0 Å². The molecule has 28 heavy (non-hydrogen) atoms. The first kappa shape index (κ1) is 17.0. The van der Waals surface area contributed by atoms with Gasteiger partial charge in [0.15, 0.2) is 5.82 Å². The van der Waals surface area contributed by atoms with Crippen molar-refractivity contribution in [3.8, 4) is 0 Å². The fourth-order valence-electron chi connectivity index (χ4n) is 3.90. The highest BCUT2D eigenvalue weighted by Gasteiger charge is 2.45. The molecule has 0 bridgehead atoms. The number of anilines is 3. The van der Waals surface area contributed by atoms with Crippen LogP contribution in [0.25, 0.3) is 5.65 Å². The van der Waals surface area contributed by atoms with Crippen LogP contribution in [0.5, 0.6) is 0 Å². The second kappa shape index (κ2) is 5.70. The topological polar surface area (TPSA) is 111 Å². The van der Waals surface area contributed by atoms with Gasteiger partial charge in [-0.25, -0.2) is 4.79 Å². The molecule has 146 valence electrons. The quantitative estimate of drug-likeness (QED) is 0.623. The minimum absolute atomic E-state index is 0.200. The summed E-state index contributed by atoms with van der Waals surface area (Å²) < 4.78 is 1.84. The zero-order valence-electron chi connectivity index (χ0n) is 15.9. The van der Waals surface area contributed by atoms with E-state index in [1.807, 2.05) is 28.8 Å². The lowest BCUT2D eigenvalue weighted by Crippen LogP contribution is -2.49. The van der Waals surface area contributed by atoms with Gasteiger partial charge in [0.1, 0.15) is 11.2 Å². The largest absolute Gasteiger partial charge is 0.480 e. The summed E-state index contributed by atoms with van der Waals surface area (Å²) in [5.74, 6) is 0.808. The third-order valence-corrected chi connectivity index (χ3v) is 6.19. The SMILES string of the molecule is CC1(c2cc(Nc3nc(N4CCC[C@@]4(C)C(=O)O)nc4cccn34)n[nH]2)CC1. The fraction of sp³-hybridized carbons (Fsp3) is 0.474. The van der Waals surface area contributed by atoms with E-state index in [9.17, 15) is 9.90 Å². The molecule has 1 aliphatic carbocycles. The molecule has 4 heterocycles. The van der Waals surface area contributed by atoms with Gasteiger partial charge in [0.2, 0.25) is 11.9 Å². The Morgan fingerprint density at radius 3 is 2.86 bits per heavy atom. The fourth-order valence-corrected chi connectivity index (χ4v) is 3.90. The van der Waals surface area contributed by atoms with E-state index in [0.29, 0.717) is 36.3 Å². The number of hydrogen-bond acceptors (Lipinski definition) is 6. The van der Waals surface area contributed by atoms with Crippen molar-refractivity contribution in [2.45, 2.75) is 50.5 Å². The number of rotatable bonds is 5. The highest BCUT2D eigenvalue weighted by molar-refractivity contribution is 5.83. The predicted molar refractivity (Wildman–Crippen MR) is 104 cm³/mol. The van der Waals surface area contributed by atoms with Gasteiger partial charge in [-0.15, -0.1) is 0 Å². The molecule has 0 unspecified atom stereocenters. The summed E-state index contributed by atoms with van der Waals surface area (Å²) in [4.78, 5) is 22.9. The Hall–Kier alpha value is -3.10. The first-order valence-corrected chi connectivity index (χ1v) is 9.58. The van der Waals surface area contributed by atoms with Crippen molar-refractivity contribution < 1.29 is 9.90 Å². The molecule has 5 rings (SSSR count). The highest BCUT2D eigenvalue weighted by atomic mass is 16.4. The molecule has 3 aromatic heterocycles. The summed E-state index contributed by atoms with van der Waals surface area (Å²) in [5.41, 5.74) is 1.02. The lowest BCUT2D eigenvalue weighted by atomic mass is 10.00. The van der Waals surface area contributed by atoms with Crippen molar-refractivity contribution in [1.82, 2.24) is 24.6 Å². The Balaban J connectivity index is 1.53. The molecule has 9 nitrogen and oxygen atoms in total. The summed E-state index contributed by atoms with van der Waals surface area (Å²) in [7, 11) is 0. The smallest absolute Gasteiger partial charge is 0.329 e. The number of fused-ring (bicyclic) bond motifs is 1. The van der Waals surface area contributed by atoms with E-state index in [1.54, 1.807) is 11.8 Å². The summed E-state index contributed by atoms with van der Waals surface area (Å²) >= 11 is 0. The molecule has 0 aromatic carbocycles. The number of H-pyrrole nitrogens is 1. The maximum atomic E-state index is 11.9. The monoisotopic (exact) mass is 381 g/mol. The van der Waals surface area contributed by atoms with Crippen molar-refractivity contribution in [3.05, 3.63) is 30.1 Å². The van der Waals surface area contributed by atoms with Crippen molar-refractivity contribution in [2.24, 2.45) is 0 Å². The van der Waals surface area contributed by atoms with Gasteiger partial charge in [-0.2, -0.15) is 15.1 Å². The Bertz CT molecular complexity index is 1070. The maximum Gasteiger partial charge on any atom is 0.329 e. The number of carbonyl (C=O) groups is 1. The number of nitrogens with zero attached hydrogens (tertiary/aromatic N) is 5. The molecular formula is C19H23N7O2. The van der Waals surface area contributed by atoms with Gasteiger partial charge >= 0.3 is 5.97 Å². The molecule has 0 spiro atoms. The average Bonchev–Trinajstić information content (AvgIpc) is 3.08. The van der Waals surface area contributed by atoms with Crippen LogP contribution >= 0.6 is 0 Å². The Morgan fingerprint density at radius 2 is 2.11 bits per heavy atom. The summed E-state index contributed by atoms with van der Waals surface area (Å²) in [5, 5.41) is 20.5. The molecule has 3 aromatic rings.